The fourth-order valence-electron chi connectivity index (χ4n) is 3.28. The Labute approximate surface area is 148 Å². The molecule has 0 heterocycles. The molecule has 0 amide bonds. The van der Waals surface area contributed by atoms with Crippen molar-refractivity contribution in [1.82, 2.24) is 0 Å². The topological polar surface area (TPSA) is 29.5 Å². The molecule has 1 aliphatic carbocycles. The maximum atomic E-state index is 9.70. The van der Waals surface area contributed by atoms with Crippen LogP contribution in [0.2, 0.25) is 0 Å². The minimum atomic E-state index is 0.338. The van der Waals surface area contributed by atoms with Gasteiger partial charge < -0.3 is 9.84 Å². The number of aryl methyl sites for hydroxylation is 1. The summed E-state index contributed by atoms with van der Waals surface area (Å²) in [4.78, 5) is 0. The summed E-state index contributed by atoms with van der Waals surface area (Å²) in [7, 11) is 0. The van der Waals surface area contributed by atoms with Crippen molar-refractivity contribution in [3.8, 4) is 11.5 Å². The normalized spacial score (nSPS) is 13.0. The van der Waals surface area contributed by atoms with Crippen LogP contribution in [0.5, 0.6) is 11.5 Å². The summed E-state index contributed by atoms with van der Waals surface area (Å²) in [5.41, 5.74) is 5.99. The molecule has 0 aromatic heterocycles. The summed E-state index contributed by atoms with van der Waals surface area (Å²) in [5.74, 6) is 1.21. The molecule has 4 rings (SSSR count). The molecule has 0 spiro atoms. The van der Waals surface area contributed by atoms with E-state index in [1.807, 2.05) is 42.5 Å². The number of fused-ring (bicyclic) bond motifs is 1. The predicted octanol–water partition coefficient (Wildman–Crippen LogP) is 5.35. The molecular formula is C23H20O2. The Morgan fingerprint density at radius 3 is 2.48 bits per heavy atom. The lowest BCUT2D eigenvalue weighted by atomic mass is 9.87. The zero-order valence-electron chi connectivity index (χ0n) is 14.0. The first-order valence-electron chi connectivity index (χ1n) is 8.59. The lowest BCUT2D eigenvalue weighted by molar-refractivity contribution is 0.306. The zero-order chi connectivity index (χ0) is 17.1. The maximum Gasteiger partial charge on any atom is 0.119 e. The highest BCUT2D eigenvalue weighted by Gasteiger charge is 2.14. The Hall–Kier alpha value is -3.00. The average Bonchev–Trinajstić information content (AvgIpc) is 2.67. The molecule has 0 aliphatic heterocycles. The van der Waals surface area contributed by atoms with Crippen LogP contribution in [-0.2, 0) is 13.0 Å². The highest BCUT2D eigenvalue weighted by Crippen LogP contribution is 2.34. The molecule has 124 valence electrons. The first kappa shape index (κ1) is 15.5. The minimum Gasteiger partial charge on any atom is -0.508 e. The van der Waals surface area contributed by atoms with Gasteiger partial charge in [-0.05, 0) is 64.9 Å². The van der Waals surface area contributed by atoms with E-state index in [-0.39, 0.29) is 0 Å². The third kappa shape index (κ3) is 3.43. The summed E-state index contributed by atoms with van der Waals surface area (Å²) in [5, 5.41) is 9.70. The second-order valence-electron chi connectivity index (χ2n) is 6.30. The van der Waals surface area contributed by atoms with Crippen LogP contribution in [-0.4, -0.2) is 5.11 Å². The Bertz CT molecular complexity index is 893. The van der Waals surface area contributed by atoms with Crippen molar-refractivity contribution in [2.24, 2.45) is 0 Å². The molecule has 1 N–H and O–H groups in total. The number of hydrogen-bond acceptors (Lipinski definition) is 2. The maximum absolute atomic E-state index is 9.70. The number of ether oxygens (including phenoxy) is 1. The Balaban J connectivity index is 1.52. The Kier molecular flexibility index (Phi) is 4.26. The van der Waals surface area contributed by atoms with Gasteiger partial charge in [-0.2, -0.15) is 0 Å². The number of allylic oxidation sites excluding steroid dienone is 1. The van der Waals surface area contributed by atoms with E-state index >= 15 is 0 Å². The van der Waals surface area contributed by atoms with Gasteiger partial charge in [0, 0.05) is 0 Å². The molecule has 0 saturated carbocycles. The fraction of sp³-hybridized carbons (Fsp3) is 0.130. The van der Waals surface area contributed by atoms with Gasteiger partial charge in [0.2, 0.25) is 0 Å². The SMILES string of the molecule is Oc1ccc2c(c1)CCC=C2c1ccc(OCc2ccccc2)cc1. The van der Waals surface area contributed by atoms with Gasteiger partial charge in [-0.1, -0.05) is 54.6 Å². The van der Waals surface area contributed by atoms with Crippen LogP contribution in [0.4, 0.5) is 0 Å². The van der Waals surface area contributed by atoms with Crippen molar-refractivity contribution in [2.45, 2.75) is 19.4 Å². The average molecular weight is 328 g/mol. The third-order valence-electron chi connectivity index (χ3n) is 4.55. The van der Waals surface area contributed by atoms with Crippen LogP contribution in [0.3, 0.4) is 0 Å². The van der Waals surface area contributed by atoms with Crippen molar-refractivity contribution in [3.05, 3.63) is 101 Å². The van der Waals surface area contributed by atoms with E-state index in [1.54, 1.807) is 6.07 Å². The van der Waals surface area contributed by atoms with Crippen LogP contribution >= 0.6 is 0 Å². The standard InChI is InChI=1S/C23H20O2/c24-20-11-14-23-19(15-20)7-4-8-22(23)18-9-12-21(13-10-18)25-16-17-5-2-1-3-6-17/h1-3,5-6,8-15,24H,4,7,16H2. The van der Waals surface area contributed by atoms with Crippen LogP contribution in [0.1, 0.15) is 28.7 Å². The van der Waals surface area contributed by atoms with Crippen molar-refractivity contribution in [1.29, 1.82) is 0 Å². The second kappa shape index (κ2) is 6.86. The highest BCUT2D eigenvalue weighted by molar-refractivity contribution is 5.83. The van der Waals surface area contributed by atoms with Gasteiger partial charge in [0.15, 0.2) is 0 Å². The van der Waals surface area contributed by atoms with Crippen LogP contribution in [0.15, 0.2) is 78.9 Å². The molecule has 2 nitrogen and oxygen atoms in total. The van der Waals surface area contributed by atoms with Crippen molar-refractivity contribution in [3.63, 3.8) is 0 Å². The monoisotopic (exact) mass is 328 g/mol. The van der Waals surface area contributed by atoms with Crippen molar-refractivity contribution in [2.75, 3.05) is 0 Å². The third-order valence-corrected chi connectivity index (χ3v) is 4.55. The summed E-state index contributed by atoms with van der Waals surface area (Å²) >= 11 is 0. The van der Waals surface area contributed by atoms with Gasteiger partial charge in [-0.25, -0.2) is 0 Å². The first-order valence-corrected chi connectivity index (χ1v) is 8.59. The Morgan fingerprint density at radius 1 is 0.880 bits per heavy atom. The predicted molar refractivity (Wildman–Crippen MR) is 101 cm³/mol. The minimum absolute atomic E-state index is 0.338. The van der Waals surface area contributed by atoms with E-state index < -0.39 is 0 Å². The molecular weight excluding hydrogens is 308 g/mol. The molecule has 0 atom stereocenters. The molecule has 0 radical (unpaired) electrons. The van der Waals surface area contributed by atoms with Gasteiger partial charge in [-0.3, -0.25) is 0 Å². The molecule has 25 heavy (non-hydrogen) atoms. The summed E-state index contributed by atoms with van der Waals surface area (Å²) < 4.78 is 5.87. The van der Waals surface area contributed by atoms with Crippen molar-refractivity contribution < 1.29 is 9.84 Å². The largest absolute Gasteiger partial charge is 0.508 e. The summed E-state index contributed by atoms with van der Waals surface area (Å²) in [6.45, 7) is 0.574. The number of phenols is 1. The number of hydrogen-bond donors (Lipinski definition) is 1. The number of aromatic hydroxyl groups is 1. The first-order chi connectivity index (χ1) is 12.3. The van der Waals surface area contributed by atoms with E-state index in [2.05, 4.69) is 30.3 Å². The number of benzene rings is 3. The molecule has 3 aromatic rings. The van der Waals surface area contributed by atoms with Gasteiger partial charge in [-0.15, -0.1) is 0 Å². The zero-order valence-corrected chi connectivity index (χ0v) is 14.0. The highest BCUT2D eigenvalue weighted by atomic mass is 16.5. The number of rotatable bonds is 4. The smallest absolute Gasteiger partial charge is 0.119 e. The molecule has 3 aromatic carbocycles. The summed E-state index contributed by atoms with van der Waals surface area (Å²) in [6, 6.07) is 24.1. The second-order valence-corrected chi connectivity index (χ2v) is 6.30. The van der Waals surface area contributed by atoms with E-state index in [0.717, 1.165) is 24.2 Å². The van der Waals surface area contributed by atoms with E-state index in [4.69, 9.17) is 4.74 Å². The molecule has 0 unspecified atom stereocenters. The van der Waals surface area contributed by atoms with Crippen LogP contribution < -0.4 is 4.74 Å². The molecule has 1 aliphatic rings. The molecule has 2 heteroatoms. The van der Waals surface area contributed by atoms with Gasteiger partial charge in [0.25, 0.3) is 0 Å². The lowest BCUT2D eigenvalue weighted by Crippen LogP contribution is -2.01. The van der Waals surface area contributed by atoms with Crippen LogP contribution in [0.25, 0.3) is 5.57 Å². The fourth-order valence-corrected chi connectivity index (χ4v) is 3.28. The molecule has 0 saturated heterocycles. The lowest BCUT2D eigenvalue weighted by Gasteiger charge is -2.18. The van der Waals surface area contributed by atoms with E-state index in [0.29, 0.717) is 12.4 Å². The van der Waals surface area contributed by atoms with Gasteiger partial charge in [0.05, 0.1) is 0 Å². The number of phenolic OH excluding ortho intramolecular Hbond substituents is 1. The van der Waals surface area contributed by atoms with Crippen molar-refractivity contribution >= 4 is 5.57 Å². The summed E-state index contributed by atoms with van der Waals surface area (Å²) in [6.07, 6.45) is 4.25. The molecule has 0 fully saturated rings. The van der Waals surface area contributed by atoms with Crippen LogP contribution in [0, 0.1) is 0 Å². The van der Waals surface area contributed by atoms with E-state index in [1.165, 1.54) is 22.3 Å². The van der Waals surface area contributed by atoms with Gasteiger partial charge >= 0.3 is 0 Å². The van der Waals surface area contributed by atoms with Gasteiger partial charge in [0.1, 0.15) is 18.1 Å². The molecule has 0 bridgehead atoms. The Morgan fingerprint density at radius 2 is 1.68 bits per heavy atom. The van der Waals surface area contributed by atoms with E-state index in [9.17, 15) is 5.11 Å². The quantitative estimate of drug-likeness (QED) is 0.699.